The number of esters is 1. The van der Waals surface area contributed by atoms with Gasteiger partial charge in [0, 0.05) is 22.4 Å². The fourth-order valence-electron chi connectivity index (χ4n) is 5.11. The summed E-state index contributed by atoms with van der Waals surface area (Å²) in [5, 5.41) is 12.0. The lowest BCUT2D eigenvalue weighted by Crippen LogP contribution is -2.47. The van der Waals surface area contributed by atoms with Crippen LogP contribution in [0.2, 0.25) is 0 Å². The quantitative estimate of drug-likeness (QED) is 0.0975. The third-order valence-corrected chi connectivity index (χ3v) is 8.99. The lowest BCUT2D eigenvalue weighted by molar-refractivity contribution is -0.146. The van der Waals surface area contributed by atoms with Gasteiger partial charge in [-0.25, -0.2) is 32.0 Å². The van der Waals surface area contributed by atoms with Gasteiger partial charge >= 0.3 is 5.97 Å². The van der Waals surface area contributed by atoms with Crippen LogP contribution in [0.3, 0.4) is 0 Å². The lowest BCUT2D eigenvalue weighted by atomic mass is 9.89. The van der Waals surface area contributed by atoms with Crippen molar-refractivity contribution in [3.8, 4) is 6.07 Å². The van der Waals surface area contributed by atoms with Crippen LogP contribution < -0.4 is 0 Å². The van der Waals surface area contributed by atoms with E-state index >= 15 is 4.39 Å². The largest absolute Gasteiger partial charge is 0.447 e. The van der Waals surface area contributed by atoms with Crippen molar-refractivity contribution >= 4 is 23.8 Å². The molecule has 3 aromatic carbocycles. The second kappa shape index (κ2) is 15.4. The molecule has 1 aromatic heterocycles. The Kier molecular flexibility index (Phi) is 11.1. The Labute approximate surface area is 278 Å². The van der Waals surface area contributed by atoms with Gasteiger partial charge in [0.25, 0.3) is 0 Å². The SMILES string of the molecule is [CH2]c1cc(F)ccc1C(=O)O[C@@](Cn1cncn1)(c1ccc(F)cc1F)[C@@H](C)S[C@H]1CO[C@H](/C=C/C=C/c2ccc(C#N)cc2F)OC1. The van der Waals surface area contributed by atoms with E-state index in [-0.39, 0.29) is 47.3 Å². The standard InChI is InChI=1S/C35H29F4N4O4S/c1-22-13-26(36)9-11-29(22)34(44)47-35(19-43-21-41-20-42-43,30-12-10-27(37)15-32(30)39)23(2)48-28-17-45-33(46-18-28)6-4-3-5-25-8-7-24(16-40)14-31(25)38/h3-15,20-21,23,28,33H,1,17-19H2,2H3/b5-3+,6-4+/t23-,28-,33-,35-/m1/s1. The summed E-state index contributed by atoms with van der Waals surface area (Å²) in [5.41, 5.74) is -1.31. The van der Waals surface area contributed by atoms with Crippen LogP contribution in [0.25, 0.3) is 6.08 Å². The summed E-state index contributed by atoms with van der Waals surface area (Å²) in [6.45, 7) is 5.68. The Hall–Kier alpha value is -4.77. The van der Waals surface area contributed by atoms with E-state index in [1.807, 2.05) is 6.07 Å². The molecule has 0 aliphatic carbocycles. The van der Waals surface area contributed by atoms with E-state index < -0.39 is 46.4 Å². The topological polar surface area (TPSA) is 99.3 Å². The second-order valence-corrected chi connectivity index (χ2v) is 12.5. The number of rotatable bonds is 11. The minimum absolute atomic E-state index is 0.0333. The first-order chi connectivity index (χ1) is 23.1. The second-order valence-electron chi connectivity index (χ2n) is 10.8. The number of thioether (sulfide) groups is 1. The molecule has 0 unspecified atom stereocenters. The molecule has 13 heteroatoms. The van der Waals surface area contributed by atoms with E-state index in [2.05, 4.69) is 17.0 Å². The summed E-state index contributed by atoms with van der Waals surface area (Å²) >= 11 is 1.31. The molecule has 0 N–H and O–H groups in total. The zero-order valence-corrected chi connectivity index (χ0v) is 26.4. The molecule has 247 valence electrons. The number of hydrogen-bond donors (Lipinski definition) is 0. The van der Waals surface area contributed by atoms with Crippen LogP contribution in [0.5, 0.6) is 0 Å². The van der Waals surface area contributed by atoms with E-state index in [9.17, 15) is 18.0 Å². The van der Waals surface area contributed by atoms with Crippen molar-refractivity contribution in [2.24, 2.45) is 0 Å². The molecule has 4 aromatic rings. The molecular formula is C35H29F4N4O4S. The Bertz CT molecular complexity index is 1860. The fraction of sp³-hybridized carbons (Fsp3) is 0.229. The maximum absolute atomic E-state index is 15.6. The van der Waals surface area contributed by atoms with Gasteiger partial charge in [-0.2, -0.15) is 10.4 Å². The monoisotopic (exact) mass is 677 g/mol. The van der Waals surface area contributed by atoms with Crippen molar-refractivity contribution in [1.82, 2.24) is 14.8 Å². The number of nitriles is 1. The summed E-state index contributed by atoms with van der Waals surface area (Å²) in [6.07, 6.45) is 8.39. The average Bonchev–Trinajstić information content (AvgIpc) is 3.57. The Balaban J connectivity index is 1.35. The van der Waals surface area contributed by atoms with Crippen molar-refractivity contribution in [2.45, 2.75) is 35.9 Å². The highest BCUT2D eigenvalue weighted by Gasteiger charge is 2.47. The van der Waals surface area contributed by atoms with Crippen LogP contribution in [-0.2, 0) is 26.4 Å². The van der Waals surface area contributed by atoms with Crippen molar-refractivity contribution < 1.29 is 36.6 Å². The summed E-state index contributed by atoms with van der Waals surface area (Å²) in [7, 11) is 0. The van der Waals surface area contributed by atoms with Crippen molar-refractivity contribution in [3.05, 3.63) is 143 Å². The van der Waals surface area contributed by atoms with Crippen LogP contribution in [0.1, 0.15) is 39.5 Å². The van der Waals surface area contributed by atoms with Crippen molar-refractivity contribution in [2.75, 3.05) is 13.2 Å². The van der Waals surface area contributed by atoms with E-state index in [1.165, 1.54) is 53.4 Å². The zero-order valence-electron chi connectivity index (χ0n) is 25.6. The Morgan fingerprint density at radius 2 is 1.85 bits per heavy atom. The number of benzene rings is 3. The molecule has 2 heterocycles. The highest BCUT2D eigenvalue weighted by molar-refractivity contribution is 8.00. The van der Waals surface area contributed by atoms with Gasteiger partial charge in [0.1, 0.15) is 35.9 Å². The molecule has 8 nitrogen and oxygen atoms in total. The number of nitrogens with zero attached hydrogens (tertiary/aromatic N) is 4. The third-order valence-electron chi connectivity index (χ3n) is 7.54. The van der Waals surface area contributed by atoms with Crippen molar-refractivity contribution in [3.63, 3.8) is 0 Å². The minimum Gasteiger partial charge on any atom is -0.447 e. The molecule has 1 aliphatic heterocycles. The van der Waals surface area contributed by atoms with E-state index in [0.717, 1.165) is 24.3 Å². The molecule has 0 spiro atoms. The van der Waals surface area contributed by atoms with Gasteiger partial charge in [0.05, 0.1) is 42.2 Å². The number of halogens is 4. The lowest BCUT2D eigenvalue weighted by Gasteiger charge is -2.40. The molecule has 1 radical (unpaired) electrons. The number of ether oxygens (including phenoxy) is 3. The summed E-state index contributed by atoms with van der Waals surface area (Å²) in [4.78, 5) is 17.6. The van der Waals surface area contributed by atoms with Gasteiger partial charge < -0.3 is 14.2 Å². The van der Waals surface area contributed by atoms with Crippen LogP contribution in [-0.4, -0.2) is 50.7 Å². The van der Waals surface area contributed by atoms with Crippen LogP contribution >= 0.6 is 11.8 Å². The molecule has 1 fully saturated rings. The maximum Gasteiger partial charge on any atom is 0.339 e. The van der Waals surface area contributed by atoms with Gasteiger partial charge in [0.15, 0.2) is 11.9 Å². The molecule has 5 rings (SSSR count). The number of hydrogen-bond acceptors (Lipinski definition) is 8. The fourth-order valence-corrected chi connectivity index (χ4v) is 6.47. The highest BCUT2D eigenvalue weighted by atomic mass is 32.2. The van der Waals surface area contributed by atoms with Gasteiger partial charge in [-0.15, -0.1) is 11.8 Å². The minimum atomic E-state index is -1.78. The highest BCUT2D eigenvalue weighted by Crippen LogP contribution is 2.42. The Morgan fingerprint density at radius 1 is 1.10 bits per heavy atom. The molecule has 2 atom stereocenters. The van der Waals surface area contributed by atoms with Crippen molar-refractivity contribution in [1.29, 1.82) is 5.26 Å². The van der Waals surface area contributed by atoms with Crippen LogP contribution in [0.15, 0.2) is 85.5 Å². The zero-order chi connectivity index (χ0) is 34.3. The molecule has 0 bridgehead atoms. The van der Waals surface area contributed by atoms with Gasteiger partial charge in [0.2, 0.25) is 0 Å². The van der Waals surface area contributed by atoms with Crippen LogP contribution in [0.4, 0.5) is 17.6 Å². The van der Waals surface area contributed by atoms with Gasteiger partial charge in [-0.1, -0.05) is 24.3 Å². The number of allylic oxidation sites excluding steroid dienone is 2. The van der Waals surface area contributed by atoms with Gasteiger partial charge in [-0.3, -0.25) is 0 Å². The normalized spacial score (nSPS) is 18.4. The van der Waals surface area contributed by atoms with E-state index in [1.54, 1.807) is 31.2 Å². The number of carbonyl (C=O) groups excluding carboxylic acids is 1. The molecule has 1 aliphatic rings. The third kappa shape index (κ3) is 8.20. The molecular weight excluding hydrogens is 648 g/mol. The molecule has 0 amide bonds. The summed E-state index contributed by atoms with van der Waals surface area (Å²) in [5.74, 6) is -3.78. The summed E-state index contributed by atoms with van der Waals surface area (Å²) < 4.78 is 76.9. The number of carbonyl (C=O) groups is 1. The van der Waals surface area contributed by atoms with E-state index in [4.69, 9.17) is 19.5 Å². The first-order valence-electron chi connectivity index (χ1n) is 14.6. The molecule has 1 saturated heterocycles. The Morgan fingerprint density at radius 3 is 2.52 bits per heavy atom. The summed E-state index contributed by atoms with van der Waals surface area (Å²) in [6, 6.07) is 12.4. The maximum atomic E-state index is 15.6. The van der Waals surface area contributed by atoms with E-state index in [0.29, 0.717) is 11.6 Å². The first kappa shape index (κ1) is 34.6. The smallest absolute Gasteiger partial charge is 0.339 e. The van der Waals surface area contributed by atoms with Gasteiger partial charge in [-0.05, 0) is 68.0 Å². The average molecular weight is 678 g/mol. The number of aromatic nitrogens is 3. The predicted molar refractivity (Wildman–Crippen MR) is 170 cm³/mol. The molecule has 48 heavy (non-hydrogen) atoms. The van der Waals surface area contributed by atoms with Crippen LogP contribution in [0, 0.1) is 41.5 Å². The molecule has 0 saturated carbocycles. The predicted octanol–water partition coefficient (Wildman–Crippen LogP) is 6.77. The first-order valence-corrected chi connectivity index (χ1v) is 15.6.